The van der Waals surface area contributed by atoms with Crippen molar-refractivity contribution >= 4 is 17.3 Å². The summed E-state index contributed by atoms with van der Waals surface area (Å²) in [7, 11) is 0. The lowest BCUT2D eigenvalue weighted by Gasteiger charge is -2.27. The molecular weight excluding hydrogens is 336 g/mol. The van der Waals surface area contributed by atoms with Crippen LogP contribution in [0, 0.1) is 19.8 Å². The van der Waals surface area contributed by atoms with Gasteiger partial charge in [0, 0.05) is 41.8 Å². The van der Waals surface area contributed by atoms with Crippen LogP contribution in [0.25, 0.3) is 0 Å². The third-order valence-corrected chi connectivity index (χ3v) is 4.85. The van der Waals surface area contributed by atoms with Crippen molar-refractivity contribution in [2.24, 2.45) is 5.92 Å². The Labute approximate surface area is 163 Å². The van der Waals surface area contributed by atoms with E-state index in [9.17, 15) is 4.79 Å². The quantitative estimate of drug-likeness (QED) is 0.740. The fourth-order valence-corrected chi connectivity index (χ4v) is 3.46. The summed E-state index contributed by atoms with van der Waals surface area (Å²) in [5.74, 6) is 0.519. The third-order valence-electron chi connectivity index (χ3n) is 4.85. The van der Waals surface area contributed by atoms with Gasteiger partial charge in [-0.15, -0.1) is 0 Å². The summed E-state index contributed by atoms with van der Waals surface area (Å²) < 4.78 is 2.02. The van der Waals surface area contributed by atoms with Gasteiger partial charge in [-0.25, -0.2) is 0 Å². The maximum absolute atomic E-state index is 12.5. The molecule has 0 unspecified atom stereocenters. The van der Waals surface area contributed by atoms with Crippen LogP contribution in [0.4, 0.5) is 11.4 Å². The van der Waals surface area contributed by atoms with Crippen molar-refractivity contribution in [3.05, 3.63) is 41.2 Å². The highest BCUT2D eigenvalue weighted by Crippen LogP contribution is 2.21. The van der Waals surface area contributed by atoms with Gasteiger partial charge in [0.05, 0.1) is 12.1 Å². The van der Waals surface area contributed by atoms with E-state index in [0.717, 1.165) is 35.7 Å². The second kappa shape index (κ2) is 9.07. The Morgan fingerprint density at radius 2 is 1.78 bits per heavy atom. The molecule has 0 saturated carbocycles. The van der Waals surface area contributed by atoms with Gasteiger partial charge in [0.1, 0.15) is 0 Å². The lowest BCUT2D eigenvalue weighted by molar-refractivity contribution is -0.115. The van der Waals surface area contributed by atoms with Crippen LogP contribution in [0.5, 0.6) is 0 Å². The molecule has 0 aliphatic rings. The van der Waals surface area contributed by atoms with Gasteiger partial charge in [0.15, 0.2) is 0 Å². The zero-order valence-electron chi connectivity index (χ0n) is 17.8. The van der Waals surface area contributed by atoms with Crippen molar-refractivity contribution in [1.82, 2.24) is 9.78 Å². The lowest BCUT2D eigenvalue weighted by atomic mass is 10.1. The molecule has 1 aromatic carbocycles. The maximum Gasteiger partial charge on any atom is 0.228 e. The normalized spacial score (nSPS) is 11.3. The molecule has 5 heteroatoms. The lowest BCUT2D eigenvalue weighted by Crippen LogP contribution is -2.30. The maximum atomic E-state index is 12.5. The largest absolute Gasteiger partial charge is 0.369 e. The van der Waals surface area contributed by atoms with Crippen molar-refractivity contribution in [3.63, 3.8) is 0 Å². The first-order valence-corrected chi connectivity index (χ1v) is 9.92. The minimum atomic E-state index is -0.00532. The topological polar surface area (TPSA) is 50.2 Å². The Hall–Kier alpha value is -2.30. The second-order valence-electron chi connectivity index (χ2n) is 7.88. The van der Waals surface area contributed by atoms with E-state index in [4.69, 9.17) is 0 Å². The van der Waals surface area contributed by atoms with Gasteiger partial charge in [-0.1, -0.05) is 13.8 Å². The first-order valence-electron chi connectivity index (χ1n) is 9.92. The molecule has 1 aromatic heterocycles. The summed E-state index contributed by atoms with van der Waals surface area (Å²) in [6, 6.07) is 8.52. The van der Waals surface area contributed by atoms with E-state index in [-0.39, 0.29) is 5.91 Å². The highest BCUT2D eigenvalue weighted by atomic mass is 16.1. The summed E-state index contributed by atoms with van der Waals surface area (Å²) in [5.41, 5.74) is 5.05. The van der Waals surface area contributed by atoms with Gasteiger partial charge in [-0.2, -0.15) is 5.10 Å². The van der Waals surface area contributed by atoms with Crippen LogP contribution in [-0.2, 0) is 17.8 Å². The van der Waals surface area contributed by atoms with Crippen LogP contribution < -0.4 is 10.2 Å². The molecule has 5 nitrogen and oxygen atoms in total. The predicted molar refractivity (Wildman–Crippen MR) is 113 cm³/mol. The molecular formula is C22H34N4O. The van der Waals surface area contributed by atoms with Gasteiger partial charge in [-0.05, 0) is 64.8 Å². The predicted octanol–water partition coefficient (Wildman–Crippen LogP) is 4.57. The molecule has 1 amide bonds. The van der Waals surface area contributed by atoms with Crippen molar-refractivity contribution in [3.8, 4) is 0 Å². The summed E-state index contributed by atoms with van der Waals surface area (Å²) in [4.78, 5) is 14.9. The number of anilines is 2. The van der Waals surface area contributed by atoms with Gasteiger partial charge in [0.2, 0.25) is 5.91 Å². The number of benzene rings is 1. The zero-order chi connectivity index (χ0) is 20.1. The summed E-state index contributed by atoms with van der Waals surface area (Å²) in [6.45, 7) is 16.7. The molecule has 0 bridgehead atoms. The van der Waals surface area contributed by atoms with Crippen molar-refractivity contribution in [2.75, 3.05) is 16.8 Å². The molecule has 2 rings (SSSR count). The van der Waals surface area contributed by atoms with Gasteiger partial charge < -0.3 is 10.2 Å². The Kier molecular flexibility index (Phi) is 7.05. The monoisotopic (exact) mass is 370 g/mol. The number of carbonyl (C=O) groups is 1. The highest BCUT2D eigenvalue weighted by Gasteiger charge is 2.16. The van der Waals surface area contributed by atoms with Crippen LogP contribution in [-0.4, -0.2) is 28.3 Å². The Balaban J connectivity index is 2.05. The molecule has 2 aromatic rings. The van der Waals surface area contributed by atoms with E-state index in [0.29, 0.717) is 18.4 Å². The number of amides is 1. The summed E-state index contributed by atoms with van der Waals surface area (Å²) >= 11 is 0. The average molecular weight is 371 g/mol. The molecule has 0 fully saturated rings. The molecule has 0 aliphatic carbocycles. The molecule has 0 radical (unpaired) electrons. The Morgan fingerprint density at radius 1 is 1.15 bits per heavy atom. The van der Waals surface area contributed by atoms with E-state index >= 15 is 0 Å². The Morgan fingerprint density at radius 3 is 2.30 bits per heavy atom. The molecule has 0 saturated heterocycles. The number of carbonyl (C=O) groups excluding carboxylic acids is 1. The fraction of sp³-hybridized carbons (Fsp3) is 0.545. The minimum absolute atomic E-state index is 0.00532. The molecule has 27 heavy (non-hydrogen) atoms. The third kappa shape index (κ3) is 5.34. The van der Waals surface area contributed by atoms with Crippen LogP contribution in [0.2, 0.25) is 0 Å². The van der Waals surface area contributed by atoms with Gasteiger partial charge in [-0.3, -0.25) is 9.48 Å². The number of hydrogen-bond donors (Lipinski definition) is 1. The molecule has 1 N–H and O–H groups in total. The SMILES string of the molecule is CCN(c1ccc(NC(=O)Cc2c(C)nn(CC(C)C)c2C)cc1)C(C)C. The summed E-state index contributed by atoms with van der Waals surface area (Å²) in [6.07, 6.45) is 0.352. The zero-order valence-corrected chi connectivity index (χ0v) is 17.8. The number of nitrogens with one attached hydrogen (secondary N) is 1. The minimum Gasteiger partial charge on any atom is -0.369 e. The first kappa shape index (κ1) is 21.0. The molecule has 0 spiro atoms. The highest BCUT2D eigenvalue weighted by molar-refractivity contribution is 5.92. The number of rotatable bonds is 8. The van der Waals surface area contributed by atoms with Crippen LogP contribution in [0.1, 0.15) is 51.6 Å². The van der Waals surface area contributed by atoms with Gasteiger partial charge >= 0.3 is 0 Å². The smallest absolute Gasteiger partial charge is 0.228 e. The van der Waals surface area contributed by atoms with Crippen molar-refractivity contribution in [2.45, 2.75) is 67.5 Å². The number of hydrogen-bond acceptors (Lipinski definition) is 3. The number of aromatic nitrogens is 2. The van der Waals surface area contributed by atoms with Crippen LogP contribution in [0.3, 0.4) is 0 Å². The number of aryl methyl sites for hydroxylation is 1. The van der Waals surface area contributed by atoms with E-state index in [1.165, 1.54) is 5.69 Å². The first-order chi connectivity index (χ1) is 12.7. The molecule has 0 aliphatic heterocycles. The van der Waals surface area contributed by atoms with E-state index in [1.54, 1.807) is 0 Å². The summed E-state index contributed by atoms with van der Waals surface area (Å²) in [5, 5.41) is 7.61. The van der Waals surface area contributed by atoms with E-state index in [1.807, 2.05) is 30.7 Å². The van der Waals surface area contributed by atoms with Crippen molar-refractivity contribution < 1.29 is 4.79 Å². The van der Waals surface area contributed by atoms with Crippen molar-refractivity contribution in [1.29, 1.82) is 0 Å². The Bertz CT molecular complexity index is 759. The van der Waals surface area contributed by atoms with Crippen LogP contribution >= 0.6 is 0 Å². The molecule has 1 heterocycles. The average Bonchev–Trinajstić information content (AvgIpc) is 2.83. The molecule has 148 valence electrons. The van der Waals surface area contributed by atoms with Crippen LogP contribution in [0.15, 0.2) is 24.3 Å². The second-order valence-corrected chi connectivity index (χ2v) is 7.88. The molecule has 0 atom stereocenters. The van der Waals surface area contributed by atoms with Gasteiger partial charge in [0.25, 0.3) is 0 Å². The van der Waals surface area contributed by atoms with E-state index in [2.05, 4.69) is 62.1 Å². The number of nitrogens with zero attached hydrogens (tertiary/aromatic N) is 3. The fourth-order valence-electron chi connectivity index (χ4n) is 3.46. The standard InChI is InChI=1S/C22H34N4O/c1-8-25(16(4)5)20-11-9-19(10-12-20)23-22(27)13-21-17(6)24-26(18(21)7)14-15(2)3/h9-12,15-16H,8,13-14H2,1-7H3,(H,23,27). The van der Waals surface area contributed by atoms with E-state index < -0.39 is 0 Å².